The average Bonchev–Trinajstić information content (AvgIpc) is 2.87. The van der Waals surface area contributed by atoms with Gasteiger partial charge < -0.3 is 10.6 Å². The van der Waals surface area contributed by atoms with E-state index in [2.05, 4.69) is 10.6 Å². The van der Waals surface area contributed by atoms with Crippen LogP contribution < -0.4 is 10.6 Å². The van der Waals surface area contributed by atoms with E-state index < -0.39 is 0 Å². The predicted octanol–water partition coefficient (Wildman–Crippen LogP) is 3.02. The number of nitrogens with one attached hydrogen (secondary N) is 2. The number of rotatable bonds is 4. The molecule has 0 radical (unpaired) electrons. The van der Waals surface area contributed by atoms with E-state index in [1.165, 1.54) is 11.3 Å². The van der Waals surface area contributed by atoms with Crippen LogP contribution in [0.4, 0.5) is 0 Å². The van der Waals surface area contributed by atoms with Gasteiger partial charge in [-0.15, -0.1) is 11.3 Å². The summed E-state index contributed by atoms with van der Waals surface area (Å²) in [5.41, 5.74) is 1.08. The second kappa shape index (κ2) is 5.95. The summed E-state index contributed by atoms with van der Waals surface area (Å²) in [7, 11) is 0. The van der Waals surface area contributed by atoms with Crippen LogP contribution in [0.2, 0.25) is 5.02 Å². The van der Waals surface area contributed by atoms with Crippen LogP contribution in [-0.4, -0.2) is 25.5 Å². The van der Waals surface area contributed by atoms with Gasteiger partial charge in [-0.2, -0.15) is 0 Å². The molecule has 3 nitrogen and oxygen atoms in total. The molecule has 0 saturated carbocycles. The first kappa shape index (κ1) is 13.6. The summed E-state index contributed by atoms with van der Waals surface area (Å²) in [6, 6.07) is 11.5. The average molecular weight is 307 g/mol. The van der Waals surface area contributed by atoms with Crippen molar-refractivity contribution in [1.82, 2.24) is 10.6 Å². The fourth-order valence-electron chi connectivity index (χ4n) is 2.05. The van der Waals surface area contributed by atoms with Crippen LogP contribution >= 0.6 is 22.9 Å². The predicted molar refractivity (Wildman–Crippen MR) is 83.5 cm³/mol. The van der Waals surface area contributed by atoms with Crippen LogP contribution in [0, 0.1) is 5.92 Å². The number of carbonyl (C=O) groups is 1. The lowest BCUT2D eigenvalue weighted by molar-refractivity contribution is 0.0946. The van der Waals surface area contributed by atoms with Crippen LogP contribution in [0.5, 0.6) is 0 Å². The summed E-state index contributed by atoms with van der Waals surface area (Å²) in [5, 5.41) is 6.90. The Morgan fingerprint density at radius 1 is 1.25 bits per heavy atom. The molecule has 5 heteroatoms. The zero-order chi connectivity index (χ0) is 13.9. The zero-order valence-electron chi connectivity index (χ0n) is 10.9. The van der Waals surface area contributed by atoms with E-state index in [-0.39, 0.29) is 5.91 Å². The third kappa shape index (κ3) is 3.03. The molecule has 20 heavy (non-hydrogen) atoms. The fraction of sp³-hybridized carbons (Fsp3) is 0.267. The minimum Gasteiger partial charge on any atom is -0.351 e. The van der Waals surface area contributed by atoms with Crippen molar-refractivity contribution >= 4 is 28.8 Å². The molecule has 2 aromatic rings. The highest BCUT2D eigenvalue weighted by Crippen LogP contribution is 2.29. The number of benzene rings is 1. The molecule has 0 spiro atoms. The minimum absolute atomic E-state index is 0.0158. The molecule has 2 N–H and O–H groups in total. The molecular formula is C15H15ClN2OS. The molecule has 1 aliphatic rings. The largest absolute Gasteiger partial charge is 0.351 e. The Kier molecular flexibility index (Phi) is 4.05. The zero-order valence-corrected chi connectivity index (χ0v) is 12.4. The van der Waals surface area contributed by atoms with Crippen LogP contribution in [0.1, 0.15) is 9.67 Å². The number of amides is 1. The van der Waals surface area contributed by atoms with Gasteiger partial charge in [0.25, 0.3) is 5.91 Å². The number of hydrogen-bond acceptors (Lipinski definition) is 3. The van der Waals surface area contributed by atoms with Crippen molar-refractivity contribution in [1.29, 1.82) is 0 Å². The van der Waals surface area contributed by atoms with E-state index >= 15 is 0 Å². The monoisotopic (exact) mass is 306 g/mol. The molecule has 2 heterocycles. The maximum Gasteiger partial charge on any atom is 0.261 e. The molecule has 3 rings (SSSR count). The molecule has 0 aliphatic carbocycles. The van der Waals surface area contributed by atoms with Gasteiger partial charge in [-0.3, -0.25) is 4.79 Å². The summed E-state index contributed by atoms with van der Waals surface area (Å²) in [6.07, 6.45) is 0. The lowest BCUT2D eigenvalue weighted by atomic mass is 10.0. The molecule has 0 bridgehead atoms. The van der Waals surface area contributed by atoms with Crippen molar-refractivity contribution < 1.29 is 4.79 Å². The number of carbonyl (C=O) groups excluding carboxylic acids is 1. The molecule has 1 aliphatic heterocycles. The van der Waals surface area contributed by atoms with Crippen molar-refractivity contribution in [3.8, 4) is 10.4 Å². The second-order valence-electron chi connectivity index (χ2n) is 4.91. The van der Waals surface area contributed by atoms with Crippen molar-refractivity contribution in [2.45, 2.75) is 0 Å². The highest BCUT2D eigenvalue weighted by Gasteiger charge is 2.18. The molecular weight excluding hydrogens is 292 g/mol. The normalized spacial score (nSPS) is 14.8. The summed E-state index contributed by atoms with van der Waals surface area (Å²) >= 11 is 7.39. The van der Waals surface area contributed by atoms with Gasteiger partial charge in [0.15, 0.2) is 0 Å². The van der Waals surface area contributed by atoms with E-state index in [4.69, 9.17) is 11.6 Å². The summed E-state index contributed by atoms with van der Waals surface area (Å²) in [4.78, 5) is 13.9. The molecule has 1 saturated heterocycles. The topological polar surface area (TPSA) is 41.1 Å². The quantitative estimate of drug-likeness (QED) is 0.911. The van der Waals surface area contributed by atoms with Crippen LogP contribution in [0.25, 0.3) is 10.4 Å². The standard InChI is InChI=1S/C15H15ClN2OS/c16-12-3-1-11(2-4-12)13-5-6-14(20-13)15(19)18-9-10-7-17-8-10/h1-6,10,17H,7-9H2,(H,18,19). The highest BCUT2D eigenvalue weighted by molar-refractivity contribution is 7.17. The Bertz CT molecular complexity index is 605. The summed E-state index contributed by atoms with van der Waals surface area (Å²) in [5.74, 6) is 0.594. The summed E-state index contributed by atoms with van der Waals surface area (Å²) in [6.45, 7) is 2.75. The fourth-order valence-corrected chi connectivity index (χ4v) is 3.10. The lowest BCUT2D eigenvalue weighted by Crippen LogP contribution is -2.48. The maximum atomic E-state index is 12.0. The van der Waals surface area contributed by atoms with Gasteiger partial charge in [-0.1, -0.05) is 23.7 Å². The Morgan fingerprint density at radius 2 is 2.00 bits per heavy atom. The van der Waals surface area contributed by atoms with Gasteiger partial charge in [-0.05, 0) is 29.8 Å². The first-order valence-corrected chi connectivity index (χ1v) is 7.76. The lowest BCUT2D eigenvalue weighted by Gasteiger charge is -2.26. The Labute approximate surface area is 127 Å². The van der Waals surface area contributed by atoms with Crippen LogP contribution in [-0.2, 0) is 0 Å². The van der Waals surface area contributed by atoms with Crippen molar-refractivity contribution in [3.63, 3.8) is 0 Å². The minimum atomic E-state index is 0.0158. The first-order valence-electron chi connectivity index (χ1n) is 6.57. The van der Waals surface area contributed by atoms with Crippen molar-refractivity contribution in [3.05, 3.63) is 46.3 Å². The smallest absolute Gasteiger partial charge is 0.261 e. The van der Waals surface area contributed by atoms with Gasteiger partial charge in [0.1, 0.15) is 0 Å². The first-order chi connectivity index (χ1) is 9.72. The number of thiophene rings is 1. The molecule has 1 aromatic heterocycles. The third-order valence-corrected chi connectivity index (χ3v) is 4.76. The van der Waals surface area contributed by atoms with Crippen LogP contribution in [0.15, 0.2) is 36.4 Å². The van der Waals surface area contributed by atoms with Gasteiger partial charge >= 0.3 is 0 Å². The Balaban J connectivity index is 1.66. The van der Waals surface area contributed by atoms with E-state index in [9.17, 15) is 4.79 Å². The molecule has 1 aromatic carbocycles. The van der Waals surface area contributed by atoms with Gasteiger partial charge in [0.2, 0.25) is 0 Å². The molecule has 104 valence electrons. The van der Waals surface area contributed by atoms with E-state index in [1.807, 2.05) is 36.4 Å². The maximum absolute atomic E-state index is 12.0. The van der Waals surface area contributed by atoms with E-state index in [0.717, 1.165) is 40.0 Å². The van der Waals surface area contributed by atoms with E-state index in [0.29, 0.717) is 5.92 Å². The Morgan fingerprint density at radius 3 is 2.65 bits per heavy atom. The Hall–Kier alpha value is -1.36. The molecule has 0 unspecified atom stereocenters. The van der Waals surface area contributed by atoms with Gasteiger partial charge in [0.05, 0.1) is 4.88 Å². The number of hydrogen-bond donors (Lipinski definition) is 2. The van der Waals surface area contributed by atoms with Crippen LogP contribution in [0.3, 0.4) is 0 Å². The highest BCUT2D eigenvalue weighted by atomic mass is 35.5. The van der Waals surface area contributed by atoms with Gasteiger partial charge in [-0.25, -0.2) is 0 Å². The molecule has 1 fully saturated rings. The second-order valence-corrected chi connectivity index (χ2v) is 6.43. The third-order valence-electron chi connectivity index (χ3n) is 3.38. The van der Waals surface area contributed by atoms with Crippen molar-refractivity contribution in [2.75, 3.05) is 19.6 Å². The molecule has 0 atom stereocenters. The number of halogens is 1. The van der Waals surface area contributed by atoms with Gasteiger partial charge in [0, 0.05) is 35.5 Å². The van der Waals surface area contributed by atoms with Crippen molar-refractivity contribution in [2.24, 2.45) is 5.92 Å². The van der Waals surface area contributed by atoms with E-state index in [1.54, 1.807) is 0 Å². The molecule has 1 amide bonds. The SMILES string of the molecule is O=C(NCC1CNC1)c1ccc(-c2ccc(Cl)cc2)s1. The summed E-state index contributed by atoms with van der Waals surface area (Å²) < 4.78 is 0.